The number of nitrogens with one attached hydrogen (secondary N) is 2. The van der Waals surface area contributed by atoms with E-state index in [0.717, 1.165) is 25.1 Å². The Morgan fingerprint density at radius 1 is 1.09 bits per heavy atom. The fourth-order valence-corrected chi connectivity index (χ4v) is 2.05. The minimum atomic E-state index is -0.0971. The molecule has 0 saturated carbocycles. The van der Waals surface area contributed by atoms with Crippen molar-refractivity contribution in [2.75, 3.05) is 19.7 Å². The van der Waals surface area contributed by atoms with Crippen LogP contribution >= 0.6 is 0 Å². The molecule has 0 saturated heterocycles. The van der Waals surface area contributed by atoms with Crippen LogP contribution in [0.2, 0.25) is 0 Å². The minimum absolute atomic E-state index is 0.0971. The first-order valence-electron chi connectivity index (χ1n) is 8.54. The van der Waals surface area contributed by atoms with Crippen LogP contribution in [0, 0.1) is 5.92 Å². The van der Waals surface area contributed by atoms with Gasteiger partial charge in [-0.15, -0.1) is 0 Å². The first-order chi connectivity index (χ1) is 10.8. The van der Waals surface area contributed by atoms with Gasteiger partial charge in [0.05, 0.1) is 6.61 Å². The van der Waals surface area contributed by atoms with Crippen LogP contribution in [0.3, 0.4) is 0 Å². The monoisotopic (exact) mass is 320 g/mol. The summed E-state index contributed by atoms with van der Waals surface area (Å²) >= 11 is 0. The maximum Gasteiger partial charge on any atom is 0.314 e. The number of ether oxygens (including phenoxy) is 1. The Morgan fingerprint density at radius 2 is 1.70 bits per heavy atom. The quantitative estimate of drug-likeness (QED) is 0.709. The lowest BCUT2D eigenvalue weighted by Crippen LogP contribution is -2.37. The van der Waals surface area contributed by atoms with Crippen molar-refractivity contribution >= 4 is 6.03 Å². The van der Waals surface area contributed by atoms with Gasteiger partial charge in [-0.1, -0.05) is 46.8 Å². The van der Waals surface area contributed by atoms with E-state index in [0.29, 0.717) is 19.1 Å². The first kappa shape index (κ1) is 19.3. The molecular formula is C19H32N2O2. The van der Waals surface area contributed by atoms with Crippen LogP contribution in [0.5, 0.6) is 5.75 Å². The van der Waals surface area contributed by atoms with Gasteiger partial charge in [0.1, 0.15) is 5.75 Å². The molecule has 4 heteroatoms. The summed E-state index contributed by atoms with van der Waals surface area (Å²) in [5.41, 5.74) is 1.45. The normalized spacial score (nSPS) is 11.4. The van der Waals surface area contributed by atoms with Crippen LogP contribution < -0.4 is 15.4 Å². The van der Waals surface area contributed by atoms with Crippen molar-refractivity contribution in [1.29, 1.82) is 0 Å². The lowest BCUT2D eigenvalue weighted by Gasteiger charge is -2.19. The Kier molecular flexibility index (Phi) is 7.93. The molecule has 0 radical (unpaired) electrons. The Balaban J connectivity index is 2.14. The topological polar surface area (TPSA) is 50.4 Å². The summed E-state index contributed by atoms with van der Waals surface area (Å²) < 4.78 is 5.70. The van der Waals surface area contributed by atoms with E-state index in [4.69, 9.17) is 4.74 Å². The molecule has 23 heavy (non-hydrogen) atoms. The van der Waals surface area contributed by atoms with Gasteiger partial charge >= 0.3 is 6.03 Å². The smallest absolute Gasteiger partial charge is 0.314 e. The SMILES string of the molecule is CC(C)CCNC(=O)NCCCOc1ccc(C(C)(C)C)cc1. The van der Waals surface area contributed by atoms with Crippen molar-refractivity contribution in [1.82, 2.24) is 10.6 Å². The van der Waals surface area contributed by atoms with Gasteiger partial charge in [-0.3, -0.25) is 0 Å². The molecule has 130 valence electrons. The van der Waals surface area contributed by atoms with Crippen molar-refractivity contribution in [3.8, 4) is 5.75 Å². The van der Waals surface area contributed by atoms with Crippen molar-refractivity contribution in [3.05, 3.63) is 29.8 Å². The van der Waals surface area contributed by atoms with Crippen LogP contribution in [0.25, 0.3) is 0 Å². The van der Waals surface area contributed by atoms with E-state index in [2.05, 4.69) is 57.4 Å². The summed E-state index contributed by atoms with van der Waals surface area (Å²) in [6.45, 7) is 12.8. The summed E-state index contributed by atoms with van der Waals surface area (Å²) in [5, 5.41) is 5.69. The van der Waals surface area contributed by atoms with Crippen molar-refractivity contribution < 1.29 is 9.53 Å². The molecule has 2 N–H and O–H groups in total. The van der Waals surface area contributed by atoms with E-state index in [9.17, 15) is 4.79 Å². The number of rotatable bonds is 8. The van der Waals surface area contributed by atoms with Crippen molar-refractivity contribution in [2.24, 2.45) is 5.92 Å². The molecular weight excluding hydrogens is 288 g/mol. The number of carbonyl (C=O) groups excluding carboxylic acids is 1. The number of amides is 2. The number of carbonyl (C=O) groups is 1. The number of benzene rings is 1. The average molecular weight is 320 g/mol. The Morgan fingerprint density at radius 3 is 2.26 bits per heavy atom. The molecule has 0 fully saturated rings. The lowest BCUT2D eigenvalue weighted by atomic mass is 9.87. The second-order valence-electron chi connectivity index (χ2n) is 7.34. The highest BCUT2D eigenvalue weighted by Gasteiger charge is 2.12. The predicted molar refractivity (Wildman–Crippen MR) is 96.1 cm³/mol. The van der Waals surface area contributed by atoms with Crippen molar-refractivity contribution in [2.45, 2.75) is 52.9 Å². The highest BCUT2D eigenvalue weighted by atomic mass is 16.5. The lowest BCUT2D eigenvalue weighted by molar-refractivity contribution is 0.238. The Hall–Kier alpha value is -1.71. The van der Waals surface area contributed by atoms with Crippen LogP contribution in [-0.2, 0) is 5.41 Å². The summed E-state index contributed by atoms with van der Waals surface area (Å²) in [7, 11) is 0. The first-order valence-corrected chi connectivity index (χ1v) is 8.54. The van der Waals surface area contributed by atoms with Gasteiger partial charge in [0, 0.05) is 13.1 Å². The fourth-order valence-electron chi connectivity index (χ4n) is 2.05. The van der Waals surface area contributed by atoms with E-state index in [1.54, 1.807) is 0 Å². The molecule has 0 aliphatic carbocycles. The van der Waals surface area contributed by atoms with Gasteiger partial charge in [0.15, 0.2) is 0 Å². The Labute approximate surface area is 141 Å². The summed E-state index contributed by atoms with van der Waals surface area (Å²) in [5.74, 6) is 1.48. The third-order valence-corrected chi connectivity index (χ3v) is 3.60. The van der Waals surface area contributed by atoms with Gasteiger partial charge < -0.3 is 15.4 Å². The molecule has 0 bridgehead atoms. The largest absolute Gasteiger partial charge is 0.494 e. The predicted octanol–water partition coefficient (Wildman–Crippen LogP) is 4.10. The van der Waals surface area contributed by atoms with Gasteiger partial charge in [0.25, 0.3) is 0 Å². The maximum absolute atomic E-state index is 11.5. The standard InChI is InChI=1S/C19H32N2O2/c1-15(2)11-13-21-18(22)20-12-6-14-23-17-9-7-16(8-10-17)19(3,4)5/h7-10,15H,6,11-14H2,1-5H3,(H2,20,21,22). The van der Waals surface area contributed by atoms with E-state index in [1.165, 1.54) is 5.56 Å². The third kappa shape index (κ3) is 8.48. The van der Waals surface area contributed by atoms with Crippen LogP contribution in [0.1, 0.15) is 53.0 Å². The third-order valence-electron chi connectivity index (χ3n) is 3.60. The molecule has 4 nitrogen and oxygen atoms in total. The molecule has 0 aromatic heterocycles. The van der Waals surface area contributed by atoms with E-state index in [1.807, 2.05) is 12.1 Å². The van der Waals surface area contributed by atoms with E-state index in [-0.39, 0.29) is 11.4 Å². The van der Waals surface area contributed by atoms with E-state index < -0.39 is 0 Å². The molecule has 0 heterocycles. The van der Waals surface area contributed by atoms with Gasteiger partial charge in [0.2, 0.25) is 0 Å². The number of hydrogen-bond donors (Lipinski definition) is 2. The highest BCUT2D eigenvalue weighted by molar-refractivity contribution is 5.73. The van der Waals surface area contributed by atoms with Crippen molar-refractivity contribution in [3.63, 3.8) is 0 Å². The van der Waals surface area contributed by atoms with Gasteiger partial charge in [-0.25, -0.2) is 4.79 Å². The fraction of sp³-hybridized carbons (Fsp3) is 0.632. The van der Waals surface area contributed by atoms with Crippen LogP contribution in [0.4, 0.5) is 4.79 Å². The zero-order valence-corrected chi connectivity index (χ0v) is 15.2. The summed E-state index contributed by atoms with van der Waals surface area (Å²) in [6, 6.07) is 8.13. The van der Waals surface area contributed by atoms with Crippen LogP contribution in [0.15, 0.2) is 24.3 Å². The number of hydrogen-bond acceptors (Lipinski definition) is 2. The van der Waals surface area contributed by atoms with Gasteiger partial charge in [-0.05, 0) is 41.9 Å². The molecule has 0 atom stereocenters. The Bertz CT molecular complexity index is 461. The molecule has 1 rings (SSSR count). The second-order valence-corrected chi connectivity index (χ2v) is 7.34. The summed E-state index contributed by atoms with van der Waals surface area (Å²) in [4.78, 5) is 11.5. The maximum atomic E-state index is 11.5. The van der Waals surface area contributed by atoms with Gasteiger partial charge in [-0.2, -0.15) is 0 Å². The summed E-state index contributed by atoms with van der Waals surface area (Å²) in [6.07, 6.45) is 1.79. The molecule has 2 amide bonds. The molecule has 0 aliphatic rings. The minimum Gasteiger partial charge on any atom is -0.494 e. The highest BCUT2D eigenvalue weighted by Crippen LogP contribution is 2.24. The average Bonchev–Trinajstić information content (AvgIpc) is 2.46. The van der Waals surface area contributed by atoms with E-state index >= 15 is 0 Å². The molecule has 0 aliphatic heterocycles. The zero-order valence-electron chi connectivity index (χ0n) is 15.2. The molecule has 0 unspecified atom stereocenters. The molecule has 1 aromatic carbocycles. The molecule has 1 aromatic rings. The number of urea groups is 1. The zero-order chi connectivity index (χ0) is 17.3. The second kappa shape index (κ2) is 9.43. The van der Waals surface area contributed by atoms with Crippen LogP contribution in [-0.4, -0.2) is 25.7 Å². The molecule has 0 spiro atoms.